The van der Waals surface area contributed by atoms with Gasteiger partial charge in [-0.2, -0.15) is 21.6 Å². The molecule has 0 atom stereocenters. The van der Waals surface area contributed by atoms with Gasteiger partial charge in [0.15, 0.2) is 0 Å². The molecule has 0 N–H and O–H groups in total. The Bertz CT molecular complexity index is 1900. The van der Waals surface area contributed by atoms with Crippen molar-refractivity contribution in [2.75, 3.05) is 21.3 Å². The predicted octanol–water partition coefficient (Wildman–Crippen LogP) is 9.68. The van der Waals surface area contributed by atoms with Crippen molar-refractivity contribution in [3.63, 3.8) is 0 Å². The van der Waals surface area contributed by atoms with Crippen LogP contribution in [-0.2, 0) is 19.6 Å². The van der Waals surface area contributed by atoms with E-state index >= 15 is 0 Å². The number of rotatable bonds is 8. The number of esters is 2. The van der Waals surface area contributed by atoms with E-state index in [1.54, 1.807) is 31.4 Å². The van der Waals surface area contributed by atoms with Crippen LogP contribution in [0.1, 0.15) is 96.1 Å². The second-order valence-electron chi connectivity index (χ2n) is 11.9. The maximum Gasteiger partial charge on any atom is 0.534 e. The topological polar surface area (TPSA) is 105 Å². The van der Waals surface area contributed by atoms with Crippen LogP contribution >= 0.6 is 0 Å². The number of methoxy groups -OCH3 is 3. The largest absolute Gasteiger partial charge is 0.534 e. The second kappa shape index (κ2) is 17.5. The van der Waals surface area contributed by atoms with Crippen LogP contribution in [0.2, 0.25) is 0 Å². The molecule has 13 heteroatoms. The van der Waals surface area contributed by atoms with E-state index in [1.165, 1.54) is 32.8 Å². The molecule has 3 aromatic rings. The van der Waals surface area contributed by atoms with E-state index in [9.17, 15) is 35.6 Å². The van der Waals surface area contributed by atoms with Crippen LogP contribution in [0.4, 0.5) is 17.6 Å². The highest BCUT2D eigenvalue weighted by Crippen LogP contribution is 2.38. The molecule has 0 unspecified atom stereocenters. The lowest BCUT2D eigenvalue weighted by atomic mass is 9.90. The minimum absolute atomic E-state index is 0.0967. The van der Waals surface area contributed by atoms with Crippen molar-refractivity contribution in [1.29, 1.82) is 0 Å². The summed E-state index contributed by atoms with van der Waals surface area (Å²) in [6, 6.07) is 13.5. The zero-order valence-electron chi connectivity index (χ0n) is 28.6. The summed E-state index contributed by atoms with van der Waals surface area (Å²) < 4.78 is 94.1. The molecule has 0 aliphatic heterocycles. The van der Waals surface area contributed by atoms with E-state index in [-0.39, 0.29) is 16.9 Å². The first-order chi connectivity index (χ1) is 24.3. The Hall–Kier alpha value is -4.65. The van der Waals surface area contributed by atoms with Crippen molar-refractivity contribution >= 4 is 33.2 Å². The number of ether oxygens (including phenoxy) is 3. The van der Waals surface area contributed by atoms with E-state index < -0.39 is 33.3 Å². The number of hydrogen-bond acceptors (Lipinski definition) is 8. The normalized spacial score (nSPS) is 15.1. The molecule has 2 aliphatic rings. The first kappa shape index (κ1) is 39.1. The Balaban J connectivity index is 0.000000229. The van der Waals surface area contributed by atoms with Gasteiger partial charge in [-0.25, -0.2) is 14.0 Å². The molecule has 0 bridgehead atoms. The maximum absolute atomic E-state index is 14.6. The van der Waals surface area contributed by atoms with Gasteiger partial charge in [-0.1, -0.05) is 31.1 Å². The van der Waals surface area contributed by atoms with Crippen molar-refractivity contribution in [3.05, 3.63) is 94.8 Å². The lowest BCUT2D eigenvalue weighted by Crippen LogP contribution is -2.28. The van der Waals surface area contributed by atoms with Crippen LogP contribution in [0.3, 0.4) is 0 Å². The maximum atomic E-state index is 14.6. The molecule has 0 fully saturated rings. The third-order valence-electron chi connectivity index (χ3n) is 8.56. The van der Waals surface area contributed by atoms with Crippen LogP contribution in [0, 0.1) is 5.82 Å². The highest BCUT2D eigenvalue weighted by atomic mass is 32.2. The van der Waals surface area contributed by atoms with Gasteiger partial charge in [0.25, 0.3) is 0 Å². The lowest BCUT2D eigenvalue weighted by Gasteiger charge is -2.16. The van der Waals surface area contributed by atoms with Gasteiger partial charge in [0, 0.05) is 11.1 Å². The summed E-state index contributed by atoms with van der Waals surface area (Å²) in [4.78, 5) is 23.7. The molecule has 0 aromatic heterocycles. The fourth-order valence-corrected chi connectivity index (χ4v) is 6.39. The molecule has 51 heavy (non-hydrogen) atoms. The number of benzene rings is 3. The molecule has 3 aromatic carbocycles. The fourth-order valence-electron chi connectivity index (χ4n) is 5.91. The van der Waals surface area contributed by atoms with E-state index in [4.69, 9.17) is 9.47 Å². The Labute approximate surface area is 295 Å². The number of allylic oxidation sites excluding steroid dienone is 4. The van der Waals surface area contributed by atoms with Crippen molar-refractivity contribution in [1.82, 2.24) is 0 Å². The molecule has 8 nitrogen and oxygen atoms in total. The van der Waals surface area contributed by atoms with Crippen LogP contribution in [0.15, 0.2) is 66.7 Å². The van der Waals surface area contributed by atoms with E-state index in [2.05, 4.69) is 15.0 Å². The summed E-state index contributed by atoms with van der Waals surface area (Å²) in [5, 5.41) is 0. The molecule has 5 rings (SSSR count). The fraction of sp³-hybridized carbons (Fsp3) is 0.368. The number of carbonyl (C=O) groups excluding carboxylic acids is 2. The molecule has 0 saturated heterocycles. The average molecular weight is 733 g/mol. The standard InChI is InChI=1S/C22H23FO3.C16H17F3O5S/c1-25-17-10-12-21(23)20(14-17)18-11-9-16(22(24)26-2)13-19(18)15-7-5-3-4-6-8-15;1-23-15(20)12-8-9-14(24-25(21,22)16(17,18)19)13(10-12)11-6-4-2-3-5-7-11/h7,9-14H,3-6,8H2,1-2H3;6,8-10H,2-5,7H2,1H3. The van der Waals surface area contributed by atoms with Gasteiger partial charge in [0.05, 0.1) is 32.5 Å². The van der Waals surface area contributed by atoms with Gasteiger partial charge in [0.2, 0.25) is 0 Å². The first-order valence-corrected chi connectivity index (χ1v) is 17.9. The van der Waals surface area contributed by atoms with Gasteiger partial charge in [-0.15, -0.1) is 0 Å². The zero-order valence-corrected chi connectivity index (χ0v) is 29.4. The van der Waals surface area contributed by atoms with Crippen molar-refractivity contribution in [2.24, 2.45) is 0 Å². The first-order valence-electron chi connectivity index (χ1n) is 16.5. The SMILES string of the molecule is COC(=O)c1ccc(-c2cc(OC)ccc2F)c(C2=CCCCCC2)c1.COC(=O)c1ccc(OS(=O)(=O)C(F)(F)F)c(C2=CCCCCC2)c1. The van der Waals surface area contributed by atoms with E-state index in [1.807, 2.05) is 12.1 Å². The molecule has 0 amide bonds. The molecular formula is C38H40F4O8S. The average Bonchev–Trinajstić information content (AvgIpc) is 3.57. The number of carbonyl (C=O) groups is 2. The van der Waals surface area contributed by atoms with Gasteiger partial charge in [0.1, 0.15) is 17.3 Å². The molecule has 2 aliphatic carbocycles. The third kappa shape index (κ3) is 9.99. The zero-order chi connectivity index (χ0) is 37.2. The van der Waals surface area contributed by atoms with Crippen molar-refractivity contribution in [3.8, 4) is 22.6 Å². The smallest absolute Gasteiger partial charge is 0.497 e. The van der Waals surface area contributed by atoms with Crippen LogP contribution < -0.4 is 8.92 Å². The molecule has 0 saturated carbocycles. The number of alkyl halides is 3. The molecule has 0 spiro atoms. The number of halogens is 4. The Kier molecular flexibility index (Phi) is 13.4. The Morgan fingerprint density at radius 3 is 1.75 bits per heavy atom. The summed E-state index contributed by atoms with van der Waals surface area (Å²) in [7, 11) is -1.71. The molecular weight excluding hydrogens is 692 g/mol. The Morgan fingerprint density at radius 2 is 1.20 bits per heavy atom. The highest BCUT2D eigenvalue weighted by Gasteiger charge is 2.49. The van der Waals surface area contributed by atoms with Gasteiger partial charge >= 0.3 is 27.6 Å². The van der Waals surface area contributed by atoms with Crippen LogP contribution in [-0.4, -0.2) is 47.2 Å². The lowest BCUT2D eigenvalue weighted by molar-refractivity contribution is -0.0500. The summed E-state index contributed by atoms with van der Waals surface area (Å²) in [6.45, 7) is 0. The summed E-state index contributed by atoms with van der Waals surface area (Å²) in [5.41, 5.74) is -0.883. The Morgan fingerprint density at radius 1 is 0.647 bits per heavy atom. The van der Waals surface area contributed by atoms with Crippen LogP contribution in [0.5, 0.6) is 11.5 Å². The third-order valence-corrected chi connectivity index (χ3v) is 9.53. The predicted molar refractivity (Wildman–Crippen MR) is 185 cm³/mol. The molecule has 0 heterocycles. The summed E-state index contributed by atoms with van der Waals surface area (Å²) in [6.07, 6.45) is 13.3. The molecule has 274 valence electrons. The van der Waals surface area contributed by atoms with E-state index in [0.717, 1.165) is 73.8 Å². The quantitative estimate of drug-likeness (QED) is 0.0976. The minimum Gasteiger partial charge on any atom is -0.497 e. The number of hydrogen-bond donors (Lipinski definition) is 0. The van der Waals surface area contributed by atoms with Gasteiger partial charge in [-0.3, -0.25) is 0 Å². The van der Waals surface area contributed by atoms with E-state index in [0.29, 0.717) is 35.3 Å². The minimum atomic E-state index is -5.80. The summed E-state index contributed by atoms with van der Waals surface area (Å²) in [5.74, 6) is -1.25. The van der Waals surface area contributed by atoms with Crippen molar-refractivity contribution < 1.29 is 54.0 Å². The van der Waals surface area contributed by atoms with Crippen LogP contribution in [0.25, 0.3) is 22.3 Å². The highest BCUT2D eigenvalue weighted by molar-refractivity contribution is 7.88. The monoisotopic (exact) mass is 732 g/mol. The van der Waals surface area contributed by atoms with Crippen molar-refractivity contribution in [2.45, 2.75) is 69.7 Å². The molecule has 0 radical (unpaired) electrons. The summed E-state index contributed by atoms with van der Waals surface area (Å²) >= 11 is 0. The second-order valence-corrected chi connectivity index (χ2v) is 13.5. The van der Waals surface area contributed by atoms with Gasteiger partial charge in [-0.05, 0) is 122 Å². The van der Waals surface area contributed by atoms with Gasteiger partial charge < -0.3 is 18.4 Å².